The number of nitrogens with zero attached hydrogens (tertiary/aromatic N) is 1. The molecule has 166 valence electrons. The molecular weight excluding hydrogens is 406 g/mol. The zero-order valence-corrected chi connectivity index (χ0v) is 18.8. The highest BCUT2D eigenvalue weighted by molar-refractivity contribution is 7.89. The average molecular weight is 438 g/mol. The first-order valence-corrected chi connectivity index (χ1v) is 11.9. The third kappa shape index (κ3) is 4.78. The summed E-state index contributed by atoms with van der Waals surface area (Å²) in [5.74, 6) is 0.470. The lowest BCUT2D eigenvalue weighted by atomic mass is 9.97. The van der Waals surface area contributed by atoms with Crippen LogP contribution in [0.3, 0.4) is 0 Å². The lowest BCUT2D eigenvalue weighted by Gasteiger charge is -2.31. The largest absolute Gasteiger partial charge is 0.479 e. The number of nitrogens with one attached hydrogen (secondary N) is 2. The average Bonchev–Trinajstić information content (AvgIpc) is 2.68. The number of sulfonamides is 1. The molecule has 30 heavy (non-hydrogen) atoms. The molecule has 1 aromatic carbocycles. The van der Waals surface area contributed by atoms with Crippen LogP contribution in [-0.2, 0) is 19.6 Å². The van der Waals surface area contributed by atoms with E-state index in [9.17, 15) is 18.0 Å². The van der Waals surface area contributed by atoms with Crippen LogP contribution in [-0.4, -0.2) is 50.3 Å². The maximum Gasteiger partial charge on any atom is 0.265 e. The van der Waals surface area contributed by atoms with Crippen LogP contribution in [0, 0.1) is 18.8 Å². The standard InChI is InChI=1S/C21H31N3O5S/c1-13(2)5-8-22-21(26)16-6-9-24(10-7-16)30(27,28)19-12-18-17(11-14(19)3)23-20(25)15(4)29-18/h11-13,15-16H,5-10H2,1-4H3,(H,22,26)(H,23,25)/t15-/m1/s1. The van der Waals surface area contributed by atoms with Crippen molar-refractivity contribution in [3.8, 4) is 5.75 Å². The molecular formula is C21H31N3O5S. The van der Waals surface area contributed by atoms with Crippen molar-refractivity contribution < 1.29 is 22.7 Å². The number of amides is 2. The van der Waals surface area contributed by atoms with Gasteiger partial charge in [0.25, 0.3) is 5.91 Å². The molecule has 2 heterocycles. The Bertz CT molecular complexity index is 921. The molecule has 0 bridgehead atoms. The quantitative estimate of drug-likeness (QED) is 0.710. The Morgan fingerprint density at radius 3 is 2.60 bits per heavy atom. The first-order valence-electron chi connectivity index (χ1n) is 10.5. The van der Waals surface area contributed by atoms with E-state index in [0.29, 0.717) is 55.4 Å². The Labute approximate surface area is 178 Å². The van der Waals surface area contributed by atoms with E-state index in [1.54, 1.807) is 19.9 Å². The predicted octanol–water partition coefficient (Wildman–Crippen LogP) is 2.28. The number of carbonyl (C=O) groups is 2. The Kier molecular flexibility index (Phi) is 6.71. The second kappa shape index (κ2) is 8.93. The minimum Gasteiger partial charge on any atom is -0.479 e. The number of anilines is 1. The Morgan fingerprint density at radius 2 is 1.97 bits per heavy atom. The van der Waals surface area contributed by atoms with Gasteiger partial charge >= 0.3 is 0 Å². The third-order valence-electron chi connectivity index (χ3n) is 5.67. The fourth-order valence-corrected chi connectivity index (χ4v) is 5.44. The molecule has 9 heteroatoms. The first-order chi connectivity index (χ1) is 14.1. The van der Waals surface area contributed by atoms with E-state index in [1.165, 1.54) is 10.4 Å². The van der Waals surface area contributed by atoms with Crippen LogP contribution in [0.5, 0.6) is 5.75 Å². The zero-order chi connectivity index (χ0) is 22.1. The molecule has 0 unspecified atom stereocenters. The fraction of sp³-hybridized carbons (Fsp3) is 0.619. The molecule has 1 fully saturated rings. The van der Waals surface area contributed by atoms with Gasteiger partial charge in [-0.1, -0.05) is 13.8 Å². The molecule has 0 aromatic heterocycles. The predicted molar refractivity (Wildman–Crippen MR) is 114 cm³/mol. The van der Waals surface area contributed by atoms with E-state index in [0.717, 1.165) is 6.42 Å². The monoisotopic (exact) mass is 437 g/mol. The van der Waals surface area contributed by atoms with Crippen molar-refractivity contribution in [1.82, 2.24) is 9.62 Å². The van der Waals surface area contributed by atoms with E-state index in [4.69, 9.17) is 4.74 Å². The second-order valence-electron chi connectivity index (χ2n) is 8.52. The van der Waals surface area contributed by atoms with Gasteiger partial charge in [-0.15, -0.1) is 0 Å². The van der Waals surface area contributed by atoms with Crippen LogP contribution < -0.4 is 15.4 Å². The third-order valence-corrected chi connectivity index (χ3v) is 7.71. The van der Waals surface area contributed by atoms with Gasteiger partial charge < -0.3 is 15.4 Å². The van der Waals surface area contributed by atoms with Gasteiger partial charge in [0, 0.05) is 31.6 Å². The summed E-state index contributed by atoms with van der Waals surface area (Å²) in [4.78, 5) is 24.3. The summed E-state index contributed by atoms with van der Waals surface area (Å²) in [7, 11) is -3.73. The van der Waals surface area contributed by atoms with Crippen LogP contribution >= 0.6 is 0 Å². The van der Waals surface area contributed by atoms with E-state index in [-0.39, 0.29) is 22.6 Å². The summed E-state index contributed by atoms with van der Waals surface area (Å²) in [6.45, 7) is 8.79. The van der Waals surface area contributed by atoms with Gasteiger partial charge in [0.05, 0.1) is 10.6 Å². The van der Waals surface area contributed by atoms with Crippen molar-refractivity contribution in [3.05, 3.63) is 17.7 Å². The molecule has 2 amide bonds. The number of fused-ring (bicyclic) bond motifs is 1. The van der Waals surface area contributed by atoms with Crippen LogP contribution in [0.2, 0.25) is 0 Å². The van der Waals surface area contributed by atoms with Gasteiger partial charge in [-0.2, -0.15) is 4.31 Å². The Balaban J connectivity index is 1.68. The minimum absolute atomic E-state index is 0.00999. The summed E-state index contributed by atoms with van der Waals surface area (Å²) in [5.41, 5.74) is 1.02. The number of carbonyl (C=O) groups excluding carboxylic acids is 2. The molecule has 1 atom stereocenters. The normalized spacial score (nSPS) is 20.4. The van der Waals surface area contributed by atoms with Crippen LogP contribution in [0.1, 0.15) is 45.6 Å². The van der Waals surface area contributed by atoms with E-state index >= 15 is 0 Å². The van der Waals surface area contributed by atoms with Crippen molar-refractivity contribution in [2.45, 2.75) is 58.0 Å². The first kappa shape index (κ1) is 22.6. The van der Waals surface area contributed by atoms with Crippen molar-refractivity contribution in [2.75, 3.05) is 25.0 Å². The number of benzene rings is 1. The maximum absolute atomic E-state index is 13.2. The van der Waals surface area contributed by atoms with E-state index in [2.05, 4.69) is 24.5 Å². The van der Waals surface area contributed by atoms with Gasteiger partial charge in [0.1, 0.15) is 5.75 Å². The van der Waals surface area contributed by atoms with E-state index in [1.807, 2.05) is 0 Å². The summed E-state index contributed by atoms with van der Waals surface area (Å²) in [6, 6.07) is 3.11. The SMILES string of the molecule is Cc1cc2c(cc1S(=O)(=O)N1CCC(C(=O)NCCC(C)C)CC1)O[C@H](C)C(=O)N2. The number of piperidine rings is 1. The highest BCUT2D eigenvalue weighted by Gasteiger charge is 2.34. The molecule has 3 rings (SSSR count). The smallest absolute Gasteiger partial charge is 0.265 e. The minimum atomic E-state index is -3.73. The van der Waals surface area contributed by atoms with Gasteiger partial charge in [0.2, 0.25) is 15.9 Å². The number of ether oxygens (including phenoxy) is 1. The maximum atomic E-state index is 13.2. The fourth-order valence-electron chi connectivity index (χ4n) is 3.75. The summed E-state index contributed by atoms with van der Waals surface area (Å²) < 4.78 is 33.5. The molecule has 1 saturated heterocycles. The molecule has 0 radical (unpaired) electrons. The zero-order valence-electron chi connectivity index (χ0n) is 18.0. The topological polar surface area (TPSA) is 105 Å². The lowest BCUT2D eigenvalue weighted by molar-refractivity contribution is -0.126. The number of aryl methyl sites for hydroxylation is 1. The molecule has 2 aliphatic heterocycles. The lowest BCUT2D eigenvalue weighted by Crippen LogP contribution is -2.43. The molecule has 1 aromatic rings. The molecule has 0 saturated carbocycles. The van der Waals surface area contributed by atoms with Crippen molar-refractivity contribution in [2.24, 2.45) is 11.8 Å². The number of rotatable bonds is 6. The van der Waals surface area contributed by atoms with Crippen LogP contribution in [0.4, 0.5) is 5.69 Å². The van der Waals surface area contributed by atoms with Crippen molar-refractivity contribution >= 4 is 27.5 Å². The Hall–Kier alpha value is -2.13. The van der Waals surface area contributed by atoms with Crippen LogP contribution in [0.15, 0.2) is 17.0 Å². The number of hydrogen-bond acceptors (Lipinski definition) is 5. The summed E-state index contributed by atoms with van der Waals surface area (Å²) >= 11 is 0. The summed E-state index contributed by atoms with van der Waals surface area (Å²) in [5, 5.41) is 5.70. The highest BCUT2D eigenvalue weighted by Crippen LogP contribution is 2.36. The van der Waals surface area contributed by atoms with Gasteiger partial charge in [-0.05, 0) is 50.7 Å². The molecule has 0 aliphatic carbocycles. The van der Waals surface area contributed by atoms with Gasteiger partial charge in [0.15, 0.2) is 6.10 Å². The Morgan fingerprint density at radius 1 is 1.30 bits per heavy atom. The molecule has 0 spiro atoms. The number of hydrogen-bond donors (Lipinski definition) is 2. The van der Waals surface area contributed by atoms with E-state index < -0.39 is 16.1 Å². The van der Waals surface area contributed by atoms with Gasteiger partial charge in [-0.25, -0.2) is 8.42 Å². The van der Waals surface area contributed by atoms with Crippen molar-refractivity contribution in [3.63, 3.8) is 0 Å². The molecule has 2 N–H and O–H groups in total. The molecule has 8 nitrogen and oxygen atoms in total. The second-order valence-corrected chi connectivity index (χ2v) is 10.4. The highest BCUT2D eigenvalue weighted by atomic mass is 32.2. The molecule has 2 aliphatic rings. The van der Waals surface area contributed by atoms with Gasteiger partial charge in [-0.3, -0.25) is 9.59 Å². The van der Waals surface area contributed by atoms with Crippen LogP contribution in [0.25, 0.3) is 0 Å². The summed E-state index contributed by atoms with van der Waals surface area (Å²) in [6.07, 6.45) is 1.25. The van der Waals surface area contributed by atoms with Crippen molar-refractivity contribution in [1.29, 1.82) is 0 Å².